The summed E-state index contributed by atoms with van der Waals surface area (Å²) in [6.45, 7) is 3.37. The number of hydrogen-bond acceptors (Lipinski definition) is 3. The summed E-state index contributed by atoms with van der Waals surface area (Å²) in [4.78, 5) is 28.1. The number of carbonyl (C=O) groups excluding carboxylic acids is 2. The molecule has 2 amide bonds. The number of carbonyl (C=O) groups is 2. The molecule has 1 aliphatic heterocycles. The minimum Gasteiger partial charge on any atom is -0.281 e. The van der Waals surface area contributed by atoms with Crippen LogP contribution in [0.15, 0.2) is 30.3 Å². The molecule has 1 heterocycles. The summed E-state index contributed by atoms with van der Waals surface area (Å²) in [5.74, 6) is -0.0845. The van der Waals surface area contributed by atoms with Crippen molar-refractivity contribution >= 4 is 11.8 Å². The van der Waals surface area contributed by atoms with Crippen molar-refractivity contribution in [2.24, 2.45) is 0 Å². The van der Waals surface area contributed by atoms with Crippen molar-refractivity contribution in [3.8, 4) is 0 Å². The lowest BCUT2D eigenvalue weighted by atomic mass is 9.76. The van der Waals surface area contributed by atoms with Crippen molar-refractivity contribution in [2.75, 3.05) is 13.1 Å². The predicted molar refractivity (Wildman–Crippen MR) is 75.8 cm³/mol. The Balaban J connectivity index is 1.68. The van der Waals surface area contributed by atoms with Crippen LogP contribution in [0, 0.1) is 0 Å². The van der Waals surface area contributed by atoms with Gasteiger partial charge in [-0.05, 0) is 31.7 Å². The highest BCUT2D eigenvalue weighted by Crippen LogP contribution is 2.38. The molecule has 0 atom stereocenters. The van der Waals surface area contributed by atoms with Crippen LogP contribution in [-0.4, -0.2) is 40.2 Å². The van der Waals surface area contributed by atoms with Crippen LogP contribution in [0.3, 0.4) is 0 Å². The Morgan fingerprint density at radius 1 is 1.05 bits per heavy atom. The lowest BCUT2D eigenvalue weighted by Gasteiger charge is -2.49. The van der Waals surface area contributed by atoms with E-state index in [0.29, 0.717) is 19.6 Å². The number of imide groups is 1. The molecule has 0 aromatic heterocycles. The van der Waals surface area contributed by atoms with Gasteiger partial charge in [0.05, 0.1) is 13.1 Å². The predicted octanol–water partition coefficient (Wildman–Crippen LogP) is 1.80. The first-order valence-electron chi connectivity index (χ1n) is 7.21. The average Bonchev–Trinajstić information content (AvgIpc) is 2.37. The van der Waals surface area contributed by atoms with E-state index in [-0.39, 0.29) is 17.4 Å². The number of hydrogen-bond donors (Lipinski definition) is 0. The van der Waals surface area contributed by atoms with Crippen LogP contribution < -0.4 is 0 Å². The molecule has 0 N–H and O–H groups in total. The fraction of sp³-hybridized carbons (Fsp3) is 0.500. The van der Waals surface area contributed by atoms with Crippen molar-refractivity contribution in [2.45, 2.75) is 38.3 Å². The van der Waals surface area contributed by atoms with Gasteiger partial charge in [0.2, 0.25) is 11.8 Å². The summed E-state index contributed by atoms with van der Waals surface area (Å²) < 4.78 is 0. The Bertz CT molecular complexity index is 505. The van der Waals surface area contributed by atoms with Crippen molar-refractivity contribution in [3.05, 3.63) is 35.9 Å². The number of amides is 2. The zero-order chi connectivity index (χ0) is 14.2. The van der Waals surface area contributed by atoms with Crippen LogP contribution >= 0.6 is 0 Å². The summed E-state index contributed by atoms with van der Waals surface area (Å²) in [6.07, 6.45) is 3.01. The maximum Gasteiger partial charge on any atom is 0.243 e. The molecule has 1 aromatic carbocycles. The minimum atomic E-state index is -0.215. The molecule has 0 spiro atoms. The van der Waals surface area contributed by atoms with Crippen LogP contribution in [0.5, 0.6) is 0 Å². The third-order valence-electron chi connectivity index (χ3n) is 4.44. The topological polar surface area (TPSA) is 40.6 Å². The van der Waals surface area contributed by atoms with Crippen LogP contribution in [0.1, 0.15) is 31.7 Å². The van der Waals surface area contributed by atoms with Gasteiger partial charge >= 0.3 is 0 Å². The van der Waals surface area contributed by atoms with E-state index in [4.69, 9.17) is 0 Å². The molecule has 2 fully saturated rings. The van der Waals surface area contributed by atoms with E-state index >= 15 is 0 Å². The first-order valence-corrected chi connectivity index (χ1v) is 7.21. The second-order valence-electron chi connectivity index (χ2n) is 6.10. The fourth-order valence-electron chi connectivity index (χ4n) is 3.19. The Morgan fingerprint density at radius 2 is 1.65 bits per heavy atom. The van der Waals surface area contributed by atoms with Crippen molar-refractivity contribution in [3.63, 3.8) is 0 Å². The second-order valence-corrected chi connectivity index (χ2v) is 6.10. The first kappa shape index (κ1) is 13.3. The Hall–Kier alpha value is -1.68. The standard InChI is InChI=1S/C16H20N2O2/c1-16(8-5-9-16)18-14(19)11-17(12-15(18)20)10-13-6-3-2-4-7-13/h2-4,6-7H,5,8-12H2,1H3. The highest BCUT2D eigenvalue weighted by atomic mass is 16.2. The largest absolute Gasteiger partial charge is 0.281 e. The van der Waals surface area contributed by atoms with E-state index in [0.717, 1.165) is 24.8 Å². The van der Waals surface area contributed by atoms with E-state index in [1.807, 2.05) is 42.2 Å². The third-order valence-corrected chi connectivity index (χ3v) is 4.44. The lowest BCUT2D eigenvalue weighted by molar-refractivity contribution is -0.162. The molecule has 4 heteroatoms. The van der Waals surface area contributed by atoms with E-state index in [1.54, 1.807) is 0 Å². The molecule has 3 rings (SSSR count). The van der Waals surface area contributed by atoms with E-state index in [1.165, 1.54) is 4.90 Å². The van der Waals surface area contributed by atoms with Crippen LogP contribution in [0.25, 0.3) is 0 Å². The van der Waals surface area contributed by atoms with Gasteiger partial charge in [0.25, 0.3) is 0 Å². The average molecular weight is 272 g/mol. The number of piperazine rings is 1. The van der Waals surface area contributed by atoms with Gasteiger partial charge < -0.3 is 0 Å². The molecule has 0 unspecified atom stereocenters. The first-order chi connectivity index (χ1) is 9.58. The maximum atomic E-state index is 12.3. The van der Waals surface area contributed by atoms with E-state index in [2.05, 4.69) is 0 Å². The molecule has 2 aliphatic rings. The zero-order valence-corrected chi connectivity index (χ0v) is 11.8. The van der Waals surface area contributed by atoms with Gasteiger partial charge in [-0.2, -0.15) is 0 Å². The zero-order valence-electron chi connectivity index (χ0n) is 11.8. The van der Waals surface area contributed by atoms with Gasteiger partial charge in [0.1, 0.15) is 0 Å². The molecule has 20 heavy (non-hydrogen) atoms. The van der Waals surface area contributed by atoms with Gasteiger partial charge in [-0.1, -0.05) is 30.3 Å². The van der Waals surface area contributed by atoms with Gasteiger partial charge in [-0.25, -0.2) is 0 Å². The maximum absolute atomic E-state index is 12.3. The highest BCUT2D eigenvalue weighted by Gasteiger charge is 2.46. The molecule has 1 saturated carbocycles. The molecule has 1 aromatic rings. The summed E-state index contributed by atoms with van der Waals surface area (Å²) >= 11 is 0. The number of nitrogens with zero attached hydrogens (tertiary/aromatic N) is 2. The van der Waals surface area contributed by atoms with Gasteiger partial charge in [0, 0.05) is 12.1 Å². The molecule has 0 radical (unpaired) electrons. The summed E-state index contributed by atoms with van der Waals surface area (Å²) in [5, 5.41) is 0. The fourth-order valence-corrected chi connectivity index (χ4v) is 3.19. The number of rotatable bonds is 3. The molecule has 4 nitrogen and oxygen atoms in total. The monoisotopic (exact) mass is 272 g/mol. The van der Waals surface area contributed by atoms with E-state index < -0.39 is 0 Å². The molecule has 1 aliphatic carbocycles. The summed E-state index contributed by atoms with van der Waals surface area (Å²) in [7, 11) is 0. The van der Waals surface area contributed by atoms with Crippen molar-refractivity contribution in [1.29, 1.82) is 0 Å². The second kappa shape index (κ2) is 5.02. The van der Waals surface area contributed by atoms with Crippen LogP contribution in [0.2, 0.25) is 0 Å². The molecule has 0 bridgehead atoms. The molecule has 106 valence electrons. The lowest BCUT2D eigenvalue weighted by Crippen LogP contribution is -2.64. The highest BCUT2D eigenvalue weighted by molar-refractivity contribution is 6.00. The number of benzene rings is 1. The molecule has 1 saturated heterocycles. The Morgan fingerprint density at radius 3 is 2.15 bits per heavy atom. The molecular formula is C16H20N2O2. The van der Waals surface area contributed by atoms with Gasteiger partial charge in [-0.3, -0.25) is 19.4 Å². The smallest absolute Gasteiger partial charge is 0.243 e. The van der Waals surface area contributed by atoms with Gasteiger partial charge in [0.15, 0.2) is 0 Å². The Labute approximate surface area is 119 Å². The van der Waals surface area contributed by atoms with Crippen molar-refractivity contribution in [1.82, 2.24) is 9.80 Å². The van der Waals surface area contributed by atoms with Crippen LogP contribution in [-0.2, 0) is 16.1 Å². The SMILES string of the molecule is CC1(N2C(=O)CN(Cc3ccccc3)CC2=O)CCC1. The quantitative estimate of drug-likeness (QED) is 0.788. The van der Waals surface area contributed by atoms with Crippen molar-refractivity contribution < 1.29 is 9.59 Å². The third kappa shape index (κ3) is 2.36. The van der Waals surface area contributed by atoms with Crippen LogP contribution in [0.4, 0.5) is 0 Å². The summed E-state index contributed by atoms with van der Waals surface area (Å²) in [5.41, 5.74) is 0.920. The van der Waals surface area contributed by atoms with E-state index in [9.17, 15) is 9.59 Å². The van der Waals surface area contributed by atoms with Gasteiger partial charge in [-0.15, -0.1) is 0 Å². The normalized spacial score (nSPS) is 22.8. The molecular weight excluding hydrogens is 252 g/mol. The Kier molecular flexibility index (Phi) is 3.34. The summed E-state index contributed by atoms with van der Waals surface area (Å²) in [6, 6.07) is 9.97. The minimum absolute atomic E-state index is 0.0422.